The zero-order valence-corrected chi connectivity index (χ0v) is 12.8. The maximum absolute atomic E-state index is 12.2. The predicted molar refractivity (Wildman–Crippen MR) is 78.4 cm³/mol. The second-order valence-corrected chi connectivity index (χ2v) is 5.04. The van der Waals surface area contributed by atoms with Crippen molar-refractivity contribution in [2.45, 2.75) is 20.4 Å². The number of nitrogens with zero attached hydrogens (tertiary/aromatic N) is 4. The molecule has 1 saturated heterocycles. The topological polar surface area (TPSA) is 84.7 Å². The predicted octanol–water partition coefficient (Wildman–Crippen LogP) is -0.148. The van der Waals surface area contributed by atoms with Gasteiger partial charge in [0.25, 0.3) is 5.56 Å². The third kappa shape index (κ3) is 3.84. The average Bonchev–Trinajstić information content (AvgIpc) is 2.51. The molecule has 0 radical (unpaired) electrons. The molecule has 8 heteroatoms. The summed E-state index contributed by atoms with van der Waals surface area (Å²) in [6.07, 6.45) is -0.355. The van der Waals surface area contributed by atoms with Crippen molar-refractivity contribution >= 4 is 12.0 Å². The van der Waals surface area contributed by atoms with E-state index >= 15 is 0 Å². The number of hydrogen-bond donors (Lipinski definition) is 0. The van der Waals surface area contributed by atoms with Gasteiger partial charge in [0.2, 0.25) is 5.91 Å². The van der Waals surface area contributed by atoms with Gasteiger partial charge in [-0.05, 0) is 19.9 Å². The van der Waals surface area contributed by atoms with Gasteiger partial charge in [0.1, 0.15) is 6.54 Å². The zero-order valence-electron chi connectivity index (χ0n) is 12.8. The normalized spacial score (nSPS) is 14.8. The summed E-state index contributed by atoms with van der Waals surface area (Å²) in [5.41, 5.74) is 0.378. The lowest BCUT2D eigenvalue weighted by Crippen LogP contribution is -2.51. The number of aromatic nitrogens is 2. The average molecular weight is 308 g/mol. The van der Waals surface area contributed by atoms with Gasteiger partial charge in [-0.1, -0.05) is 0 Å². The molecule has 0 spiro atoms. The van der Waals surface area contributed by atoms with E-state index in [9.17, 15) is 14.4 Å². The monoisotopic (exact) mass is 308 g/mol. The summed E-state index contributed by atoms with van der Waals surface area (Å²) in [6.45, 7) is 5.49. The van der Waals surface area contributed by atoms with Crippen molar-refractivity contribution in [3.63, 3.8) is 0 Å². The fourth-order valence-electron chi connectivity index (χ4n) is 2.25. The van der Waals surface area contributed by atoms with Crippen molar-refractivity contribution in [2.75, 3.05) is 32.8 Å². The minimum atomic E-state index is -0.355. The summed E-state index contributed by atoms with van der Waals surface area (Å²) >= 11 is 0. The van der Waals surface area contributed by atoms with Crippen LogP contribution in [0, 0.1) is 6.92 Å². The fraction of sp³-hybridized carbons (Fsp3) is 0.571. The molecule has 8 nitrogen and oxygen atoms in total. The lowest BCUT2D eigenvalue weighted by Gasteiger charge is -2.34. The quantitative estimate of drug-likeness (QED) is 0.775. The molecule has 2 amide bonds. The van der Waals surface area contributed by atoms with Crippen LogP contribution in [0.15, 0.2) is 16.9 Å². The van der Waals surface area contributed by atoms with Crippen molar-refractivity contribution in [1.29, 1.82) is 0 Å². The van der Waals surface area contributed by atoms with E-state index in [0.717, 1.165) is 4.68 Å². The van der Waals surface area contributed by atoms with E-state index in [0.29, 0.717) is 38.5 Å². The number of amides is 2. The number of hydrogen-bond acceptors (Lipinski definition) is 5. The first kappa shape index (κ1) is 16.0. The van der Waals surface area contributed by atoms with Crippen LogP contribution in [0.1, 0.15) is 12.6 Å². The third-order valence-electron chi connectivity index (χ3n) is 3.44. The van der Waals surface area contributed by atoms with Crippen LogP contribution in [-0.2, 0) is 16.1 Å². The first-order valence-corrected chi connectivity index (χ1v) is 7.25. The fourth-order valence-corrected chi connectivity index (χ4v) is 2.25. The molecule has 0 saturated carbocycles. The second-order valence-electron chi connectivity index (χ2n) is 5.04. The zero-order chi connectivity index (χ0) is 16.1. The molecule has 0 aromatic carbocycles. The summed E-state index contributed by atoms with van der Waals surface area (Å²) in [6, 6.07) is 3.01. The van der Waals surface area contributed by atoms with Gasteiger partial charge < -0.3 is 14.5 Å². The highest BCUT2D eigenvalue weighted by Crippen LogP contribution is 2.05. The molecular formula is C14H20N4O4. The second kappa shape index (κ2) is 7.06. The molecule has 0 aliphatic carbocycles. The summed E-state index contributed by atoms with van der Waals surface area (Å²) in [5.74, 6) is -0.177. The van der Waals surface area contributed by atoms with Gasteiger partial charge in [-0.25, -0.2) is 9.48 Å². The van der Waals surface area contributed by atoms with Crippen molar-refractivity contribution in [3.05, 3.63) is 28.2 Å². The van der Waals surface area contributed by atoms with E-state index in [1.807, 2.05) is 0 Å². The van der Waals surface area contributed by atoms with Gasteiger partial charge in [-0.3, -0.25) is 9.59 Å². The molecule has 1 aliphatic rings. The van der Waals surface area contributed by atoms with E-state index in [-0.39, 0.29) is 24.1 Å². The van der Waals surface area contributed by atoms with E-state index in [1.165, 1.54) is 6.07 Å². The minimum Gasteiger partial charge on any atom is -0.450 e. The summed E-state index contributed by atoms with van der Waals surface area (Å²) < 4.78 is 6.09. The van der Waals surface area contributed by atoms with E-state index in [4.69, 9.17) is 4.74 Å². The molecule has 120 valence electrons. The molecule has 2 heterocycles. The van der Waals surface area contributed by atoms with Gasteiger partial charge in [0, 0.05) is 32.2 Å². The van der Waals surface area contributed by atoms with Gasteiger partial charge in [-0.15, -0.1) is 0 Å². The Hall–Kier alpha value is -2.38. The van der Waals surface area contributed by atoms with Crippen LogP contribution < -0.4 is 5.56 Å². The lowest BCUT2D eigenvalue weighted by atomic mass is 10.3. The lowest BCUT2D eigenvalue weighted by molar-refractivity contribution is -0.133. The van der Waals surface area contributed by atoms with Crippen molar-refractivity contribution in [2.24, 2.45) is 0 Å². The molecule has 0 bridgehead atoms. The highest BCUT2D eigenvalue weighted by atomic mass is 16.6. The number of piperazine rings is 1. The molecule has 0 N–H and O–H groups in total. The number of rotatable bonds is 3. The van der Waals surface area contributed by atoms with Crippen LogP contribution >= 0.6 is 0 Å². The number of ether oxygens (including phenoxy) is 1. The third-order valence-corrected chi connectivity index (χ3v) is 3.44. The summed E-state index contributed by atoms with van der Waals surface area (Å²) in [4.78, 5) is 38.7. The van der Waals surface area contributed by atoms with E-state index in [1.54, 1.807) is 29.7 Å². The first-order valence-electron chi connectivity index (χ1n) is 7.25. The molecule has 1 aromatic rings. The van der Waals surface area contributed by atoms with Crippen LogP contribution in [0.2, 0.25) is 0 Å². The van der Waals surface area contributed by atoms with Crippen LogP contribution in [0.4, 0.5) is 4.79 Å². The molecule has 1 fully saturated rings. The Morgan fingerprint density at radius 3 is 2.45 bits per heavy atom. The molecular weight excluding hydrogens is 288 g/mol. The molecule has 1 aliphatic heterocycles. The van der Waals surface area contributed by atoms with Gasteiger partial charge in [0.05, 0.1) is 12.3 Å². The Balaban J connectivity index is 1.91. The van der Waals surface area contributed by atoms with Crippen molar-refractivity contribution < 1.29 is 14.3 Å². The minimum absolute atomic E-state index is 0.0834. The Morgan fingerprint density at radius 2 is 1.82 bits per heavy atom. The van der Waals surface area contributed by atoms with Gasteiger partial charge >= 0.3 is 6.09 Å². The van der Waals surface area contributed by atoms with Crippen LogP contribution in [0.25, 0.3) is 0 Å². The smallest absolute Gasteiger partial charge is 0.409 e. The number of aryl methyl sites for hydroxylation is 1. The largest absolute Gasteiger partial charge is 0.450 e. The Labute approximate surface area is 128 Å². The SMILES string of the molecule is CCOC(=O)N1CCN(C(=O)Cn2nc(C)ccc2=O)CC1. The molecule has 22 heavy (non-hydrogen) atoms. The van der Waals surface area contributed by atoms with Crippen LogP contribution in [0.3, 0.4) is 0 Å². The summed E-state index contributed by atoms with van der Waals surface area (Å²) in [7, 11) is 0. The van der Waals surface area contributed by atoms with Gasteiger partial charge in [-0.2, -0.15) is 5.10 Å². The van der Waals surface area contributed by atoms with E-state index < -0.39 is 0 Å². The first-order chi connectivity index (χ1) is 10.5. The Kier molecular flexibility index (Phi) is 5.13. The van der Waals surface area contributed by atoms with Crippen molar-refractivity contribution in [3.8, 4) is 0 Å². The maximum Gasteiger partial charge on any atom is 0.409 e. The maximum atomic E-state index is 12.2. The van der Waals surface area contributed by atoms with E-state index in [2.05, 4.69) is 5.10 Å². The van der Waals surface area contributed by atoms with Crippen LogP contribution in [-0.4, -0.2) is 64.4 Å². The number of carbonyl (C=O) groups excluding carboxylic acids is 2. The van der Waals surface area contributed by atoms with Crippen molar-refractivity contribution in [1.82, 2.24) is 19.6 Å². The molecule has 1 aromatic heterocycles. The Morgan fingerprint density at radius 1 is 1.18 bits per heavy atom. The summed E-state index contributed by atoms with van der Waals surface area (Å²) in [5, 5.41) is 4.05. The molecule has 0 unspecified atom stereocenters. The molecule has 2 rings (SSSR count). The highest BCUT2D eigenvalue weighted by molar-refractivity contribution is 5.76. The Bertz CT molecular complexity index is 605. The highest BCUT2D eigenvalue weighted by Gasteiger charge is 2.25. The standard InChI is InChI=1S/C14H20N4O4/c1-3-22-14(21)17-8-6-16(7-9-17)13(20)10-18-12(19)5-4-11(2)15-18/h4-5H,3,6-10H2,1-2H3. The van der Waals surface area contributed by atoms with Crippen LogP contribution in [0.5, 0.6) is 0 Å². The van der Waals surface area contributed by atoms with Gasteiger partial charge in [0.15, 0.2) is 0 Å². The number of carbonyl (C=O) groups is 2. The molecule has 0 atom stereocenters.